The Balaban J connectivity index is 1.54. The summed E-state index contributed by atoms with van der Waals surface area (Å²) in [6.45, 7) is 2.48. The number of amides is 1. The molecule has 0 radical (unpaired) electrons. The molecule has 2 aromatic rings. The molecule has 5 rings (SSSR count). The zero-order valence-electron chi connectivity index (χ0n) is 20.6. The molecule has 0 atom stereocenters. The van der Waals surface area contributed by atoms with Crippen molar-refractivity contribution < 1.29 is 19.1 Å². The van der Waals surface area contributed by atoms with E-state index in [0.717, 1.165) is 37.1 Å². The fourth-order valence-corrected chi connectivity index (χ4v) is 6.04. The van der Waals surface area contributed by atoms with Gasteiger partial charge in [0, 0.05) is 58.4 Å². The molecule has 0 aromatic heterocycles. The van der Waals surface area contributed by atoms with Gasteiger partial charge in [-0.2, -0.15) is 0 Å². The average Bonchev–Trinajstić information content (AvgIpc) is 2.88. The number of ether oxygens (including phenoxy) is 1. The van der Waals surface area contributed by atoms with Gasteiger partial charge >= 0.3 is 0 Å². The van der Waals surface area contributed by atoms with Crippen molar-refractivity contribution in [1.82, 2.24) is 4.90 Å². The van der Waals surface area contributed by atoms with Gasteiger partial charge in [-0.05, 0) is 62.9 Å². The number of carbonyl (C=O) groups excluding carboxylic acids is 3. The topological polar surface area (TPSA) is 75.7 Å². The molecule has 0 saturated carbocycles. The first kappa shape index (κ1) is 25.6. The van der Waals surface area contributed by atoms with Crippen LogP contribution in [0.3, 0.4) is 0 Å². The predicted molar refractivity (Wildman–Crippen MR) is 144 cm³/mol. The maximum Gasteiger partial charge on any atom is 0.262 e. The molecule has 1 aliphatic heterocycles. The standard InChI is InChI=1S/C29H28Cl2N2O4/c1-2-33-21-9-5-11-23(34)28(21)27(29-22(33)10-6-12-24(29)35)18-15-17(30)13-14-25(18)37-16-26(36)32-20-8-4-3-7-19(20)31/h3-4,7-8,13-15,27H,2,5-6,9-12,16H2,1H3,(H,32,36). The summed E-state index contributed by atoms with van der Waals surface area (Å²) in [6, 6.07) is 12.1. The van der Waals surface area contributed by atoms with Crippen LogP contribution in [0, 0.1) is 0 Å². The smallest absolute Gasteiger partial charge is 0.262 e. The summed E-state index contributed by atoms with van der Waals surface area (Å²) in [4.78, 5) is 41.6. The van der Waals surface area contributed by atoms with Crippen molar-refractivity contribution in [3.63, 3.8) is 0 Å². The average molecular weight is 539 g/mol. The molecule has 3 aliphatic rings. The summed E-state index contributed by atoms with van der Waals surface area (Å²) in [6.07, 6.45) is 4.04. The number of allylic oxidation sites excluding steroid dienone is 4. The van der Waals surface area contributed by atoms with Crippen LogP contribution in [0.4, 0.5) is 5.69 Å². The number of nitrogens with zero attached hydrogens (tertiary/aromatic N) is 1. The van der Waals surface area contributed by atoms with Crippen LogP contribution in [0.25, 0.3) is 0 Å². The number of hydrogen-bond acceptors (Lipinski definition) is 5. The van der Waals surface area contributed by atoms with Gasteiger partial charge in [-0.1, -0.05) is 35.3 Å². The van der Waals surface area contributed by atoms with Crippen LogP contribution in [0.1, 0.15) is 56.9 Å². The van der Waals surface area contributed by atoms with Crippen LogP contribution in [0.15, 0.2) is 65.0 Å². The van der Waals surface area contributed by atoms with Crippen molar-refractivity contribution in [3.05, 3.63) is 80.6 Å². The molecule has 1 heterocycles. The fraction of sp³-hybridized carbons (Fsp3) is 0.345. The van der Waals surface area contributed by atoms with E-state index >= 15 is 0 Å². The summed E-state index contributed by atoms with van der Waals surface area (Å²) >= 11 is 12.6. The molecule has 2 aromatic carbocycles. The van der Waals surface area contributed by atoms with E-state index in [1.54, 1.807) is 42.5 Å². The van der Waals surface area contributed by atoms with Gasteiger partial charge in [0.2, 0.25) is 0 Å². The largest absolute Gasteiger partial charge is 0.483 e. The summed E-state index contributed by atoms with van der Waals surface area (Å²) in [5, 5.41) is 3.65. The Labute approximate surface area is 226 Å². The highest BCUT2D eigenvalue weighted by Crippen LogP contribution is 2.51. The Bertz CT molecular complexity index is 1300. The van der Waals surface area contributed by atoms with Gasteiger partial charge in [-0.25, -0.2) is 0 Å². The third kappa shape index (κ3) is 4.92. The summed E-state index contributed by atoms with van der Waals surface area (Å²) in [5.41, 5.74) is 4.45. The zero-order valence-corrected chi connectivity index (χ0v) is 22.1. The number of ketones is 2. The number of halogens is 2. The molecule has 6 nitrogen and oxygen atoms in total. The van der Waals surface area contributed by atoms with E-state index in [9.17, 15) is 14.4 Å². The lowest BCUT2D eigenvalue weighted by Crippen LogP contribution is -2.39. The number of anilines is 1. The van der Waals surface area contributed by atoms with Crippen molar-refractivity contribution in [2.24, 2.45) is 0 Å². The highest BCUT2D eigenvalue weighted by molar-refractivity contribution is 6.33. The first-order valence-electron chi connectivity index (χ1n) is 12.7. The van der Waals surface area contributed by atoms with Crippen molar-refractivity contribution in [3.8, 4) is 5.75 Å². The van der Waals surface area contributed by atoms with Crippen molar-refractivity contribution in [2.45, 2.75) is 51.4 Å². The van der Waals surface area contributed by atoms with Gasteiger partial charge in [-0.3, -0.25) is 14.4 Å². The second kappa shape index (κ2) is 10.7. The molecule has 1 amide bonds. The summed E-state index contributed by atoms with van der Waals surface area (Å²) in [7, 11) is 0. The molecule has 0 spiro atoms. The quantitative estimate of drug-likeness (QED) is 0.457. The van der Waals surface area contributed by atoms with Crippen molar-refractivity contribution >= 4 is 46.4 Å². The molecular weight excluding hydrogens is 511 g/mol. The first-order valence-corrected chi connectivity index (χ1v) is 13.4. The van der Waals surface area contributed by atoms with E-state index in [4.69, 9.17) is 27.9 Å². The van der Waals surface area contributed by atoms with Crippen molar-refractivity contribution in [2.75, 3.05) is 18.5 Å². The van der Waals surface area contributed by atoms with Gasteiger partial charge in [-0.15, -0.1) is 0 Å². The lowest BCUT2D eigenvalue weighted by molar-refractivity contribution is -0.119. The third-order valence-electron chi connectivity index (χ3n) is 7.19. The monoisotopic (exact) mass is 538 g/mol. The zero-order chi connectivity index (χ0) is 26.1. The molecule has 8 heteroatoms. The number of rotatable bonds is 6. The van der Waals surface area contributed by atoms with E-state index in [1.807, 2.05) is 0 Å². The van der Waals surface area contributed by atoms with E-state index in [2.05, 4.69) is 17.1 Å². The molecule has 37 heavy (non-hydrogen) atoms. The van der Waals surface area contributed by atoms with Gasteiger partial charge in [0.05, 0.1) is 10.7 Å². The summed E-state index contributed by atoms with van der Waals surface area (Å²) in [5.74, 6) is -0.413. The molecule has 192 valence electrons. The lowest BCUT2D eigenvalue weighted by atomic mass is 9.70. The van der Waals surface area contributed by atoms with Crippen molar-refractivity contribution in [1.29, 1.82) is 0 Å². The third-order valence-corrected chi connectivity index (χ3v) is 7.76. The van der Waals surface area contributed by atoms with Gasteiger partial charge in [0.15, 0.2) is 18.2 Å². The van der Waals surface area contributed by atoms with E-state index in [-0.39, 0.29) is 24.1 Å². The second-order valence-electron chi connectivity index (χ2n) is 9.45. The Kier molecular flexibility index (Phi) is 7.40. The molecule has 2 aliphatic carbocycles. The molecule has 0 bridgehead atoms. The van der Waals surface area contributed by atoms with Crippen LogP contribution in [0.5, 0.6) is 5.75 Å². The van der Waals surface area contributed by atoms with E-state index < -0.39 is 5.92 Å². The maximum absolute atomic E-state index is 13.4. The highest BCUT2D eigenvalue weighted by Gasteiger charge is 2.43. The number of nitrogens with one attached hydrogen (secondary N) is 1. The Hall–Kier alpha value is -3.09. The molecular formula is C29H28Cl2N2O4. The Morgan fingerprint density at radius 1 is 0.973 bits per heavy atom. The molecule has 0 fully saturated rings. The first-order chi connectivity index (χ1) is 17.9. The molecule has 1 N–H and O–H groups in total. The van der Waals surface area contributed by atoms with Crippen LogP contribution >= 0.6 is 23.2 Å². The number of para-hydroxylation sites is 1. The Morgan fingerprint density at radius 2 is 1.62 bits per heavy atom. The number of benzene rings is 2. The molecule has 0 saturated heterocycles. The van der Waals surface area contributed by atoms with Gasteiger partial charge in [0.25, 0.3) is 5.91 Å². The minimum absolute atomic E-state index is 0.0528. The Morgan fingerprint density at radius 3 is 2.24 bits per heavy atom. The fourth-order valence-electron chi connectivity index (χ4n) is 5.68. The van der Waals surface area contributed by atoms with E-state index in [0.29, 0.717) is 57.6 Å². The SMILES string of the molecule is CCN1C2=C(C(=O)CCC2)C(c2cc(Cl)ccc2OCC(=O)Nc2ccccc2Cl)C2=C1CCCC2=O. The second-order valence-corrected chi connectivity index (χ2v) is 10.3. The molecule has 0 unspecified atom stereocenters. The number of carbonyl (C=O) groups is 3. The predicted octanol–water partition coefficient (Wildman–Crippen LogP) is 6.44. The van der Waals surface area contributed by atoms with Crippen LogP contribution in [-0.4, -0.2) is 35.5 Å². The maximum atomic E-state index is 13.4. The van der Waals surface area contributed by atoms with Gasteiger partial charge in [0.1, 0.15) is 5.75 Å². The van der Waals surface area contributed by atoms with Crippen LogP contribution in [0.2, 0.25) is 10.0 Å². The summed E-state index contributed by atoms with van der Waals surface area (Å²) < 4.78 is 6.01. The minimum Gasteiger partial charge on any atom is -0.483 e. The highest BCUT2D eigenvalue weighted by atomic mass is 35.5. The number of hydrogen-bond donors (Lipinski definition) is 1. The van der Waals surface area contributed by atoms with E-state index in [1.165, 1.54) is 0 Å². The van der Waals surface area contributed by atoms with Crippen LogP contribution in [-0.2, 0) is 14.4 Å². The normalized spacial score (nSPS) is 18.1. The number of Topliss-reactive ketones (excluding diaryl/α,β-unsaturated/α-hetero) is 2. The lowest BCUT2D eigenvalue weighted by Gasteiger charge is -2.43. The van der Waals surface area contributed by atoms with Crippen LogP contribution < -0.4 is 10.1 Å². The van der Waals surface area contributed by atoms with Gasteiger partial charge < -0.3 is 15.0 Å². The minimum atomic E-state index is -0.561.